The van der Waals surface area contributed by atoms with Gasteiger partial charge in [0, 0.05) is 29.2 Å². The van der Waals surface area contributed by atoms with E-state index < -0.39 is 16.8 Å². The minimum atomic E-state index is -1.39. The standard InChI is InChI=1S/C13H16Cl2FNO2/c1-12(18,13(6-17)2-3-19-7-13)8-4-11(16)10(15)5-9(8)14/h4-5,18H,2-3,6-7,17H2,1H3. The first-order chi connectivity index (χ1) is 8.84. The van der Waals surface area contributed by atoms with E-state index in [1.165, 1.54) is 12.1 Å². The number of aliphatic hydroxyl groups is 1. The van der Waals surface area contributed by atoms with Gasteiger partial charge in [0.25, 0.3) is 0 Å². The summed E-state index contributed by atoms with van der Waals surface area (Å²) in [6.07, 6.45) is 0.594. The first kappa shape index (κ1) is 15.0. The largest absolute Gasteiger partial charge is 0.385 e. The van der Waals surface area contributed by atoms with E-state index in [0.717, 1.165) is 0 Å². The molecule has 2 atom stereocenters. The first-order valence-electron chi connectivity index (χ1n) is 5.99. The van der Waals surface area contributed by atoms with Gasteiger partial charge in [0.2, 0.25) is 0 Å². The van der Waals surface area contributed by atoms with Crippen LogP contribution in [-0.2, 0) is 10.3 Å². The zero-order chi connectivity index (χ0) is 14.3. The summed E-state index contributed by atoms with van der Waals surface area (Å²) in [5, 5.41) is 11.0. The van der Waals surface area contributed by atoms with Gasteiger partial charge in [0.15, 0.2) is 0 Å². The van der Waals surface area contributed by atoms with E-state index in [1.807, 2.05) is 0 Å². The second-order valence-corrected chi connectivity index (χ2v) is 5.92. The van der Waals surface area contributed by atoms with E-state index in [2.05, 4.69) is 0 Å². The van der Waals surface area contributed by atoms with Gasteiger partial charge >= 0.3 is 0 Å². The second kappa shape index (κ2) is 5.19. The Hall–Kier alpha value is -0.390. The SMILES string of the molecule is CC(O)(c1cc(F)c(Cl)cc1Cl)C1(CN)CCOC1. The molecule has 1 aliphatic rings. The lowest BCUT2D eigenvalue weighted by Gasteiger charge is -2.41. The van der Waals surface area contributed by atoms with E-state index in [0.29, 0.717) is 19.6 Å². The number of hydrogen-bond acceptors (Lipinski definition) is 3. The van der Waals surface area contributed by atoms with Crippen molar-refractivity contribution in [2.75, 3.05) is 19.8 Å². The van der Waals surface area contributed by atoms with Crippen LogP contribution in [0.4, 0.5) is 4.39 Å². The molecule has 0 amide bonds. The molecule has 0 aromatic heterocycles. The number of nitrogens with two attached hydrogens (primary N) is 1. The van der Waals surface area contributed by atoms with Crippen molar-refractivity contribution >= 4 is 23.2 Å². The molecule has 1 saturated heterocycles. The van der Waals surface area contributed by atoms with Crippen molar-refractivity contribution in [1.82, 2.24) is 0 Å². The van der Waals surface area contributed by atoms with Gasteiger partial charge < -0.3 is 15.6 Å². The highest BCUT2D eigenvalue weighted by Gasteiger charge is 2.50. The molecule has 0 spiro atoms. The van der Waals surface area contributed by atoms with Crippen molar-refractivity contribution < 1.29 is 14.2 Å². The van der Waals surface area contributed by atoms with Crippen molar-refractivity contribution in [3.05, 3.63) is 33.6 Å². The molecule has 1 aromatic carbocycles. The second-order valence-electron chi connectivity index (χ2n) is 5.11. The Bertz CT molecular complexity index is 488. The molecule has 0 radical (unpaired) electrons. The van der Waals surface area contributed by atoms with Crippen molar-refractivity contribution in [3.8, 4) is 0 Å². The maximum atomic E-state index is 13.6. The van der Waals surface area contributed by atoms with Crippen LogP contribution in [0.2, 0.25) is 10.0 Å². The highest BCUT2D eigenvalue weighted by molar-refractivity contribution is 6.35. The molecule has 1 aromatic rings. The summed E-state index contributed by atoms with van der Waals surface area (Å²) in [5.41, 5.74) is 4.03. The highest BCUT2D eigenvalue weighted by Crippen LogP contribution is 2.47. The van der Waals surface area contributed by atoms with E-state index in [-0.39, 0.29) is 22.2 Å². The topological polar surface area (TPSA) is 55.5 Å². The molecule has 1 heterocycles. The third-order valence-corrected chi connectivity index (χ3v) is 4.66. The molecule has 0 aliphatic carbocycles. The quantitative estimate of drug-likeness (QED) is 0.844. The van der Waals surface area contributed by atoms with Crippen LogP contribution in [0.1, 0.15) is 18.9 Å². The van der Waals surface area contributed by atoms with Gasteiger partial charge in [-0.2, -0.15) is 0 Å². The molecule has 1 fully saturated rings. The Morgan fingerprint density at radius 3 is 2.68 bits per heavy atom. The van der Waals surface area contributed by atoms with Gasteiger partial charge in [-0.25, -0.2) is 4.39 Å². The zero-order valence-corrected chi connectivity index (χ0v) is 12.1. The smallest absolute Gasteiger partial charge is 0.142 e. The van der Waals surface area contributed by atoms with Crippen LogP contribution in [0.5, 0.6) is 0 Å². The number of rotatable bonds is 3. The summed E-state index contributed by atoms with van der Waals surface area (Å²) in [6.45, 7) is 2.64. The van der Waals surface area contributed by atoms with Crippen LogP contribution in [0.3, 0.4) is 0 Å². The molecule has 19 heavy (non-hydrogen) atoms. The van der Waals surface area contributed by atoms with Crippen molar-refractivity contribution in [2.24, 2.45) is 11.1 Å². The molecule has 0 saturated carbocycles. The minimum absolute atomic E-state index is 0.0750. The fourth-order valence-corrected chi connectivity index (χ4v) is 3.10. The average molecular weight is 308 g/mol. The maximum absolute atomic E-state index is 13.6. The van der Waals surface area contributed by atoms with Gasteiger partial charge in [-0.15, -0.1) is 0 Å². The summed E-state index contributed by atoms with van der Waals surface area (Å²) in [4.78, 5) is 0. The summed E-state index contributed by atoms with van der Waals surface area (Å²) in [7, 11) is 0. The molecule has 3 N–H and O–H groups in total. The van der Waals surface area contributed by atoms with Crippen LogP contribution in [-0.4, -0.2) is 24.9 Å². The van der Waals surface area contributed by atoms with Crippen LogP contribution >= 0.6 is 23.2 Å². The molecule has 6 heteroatoms. The van der Waals surface area contributed by atoms with E-state index in [1.54, 1.807) is 6.92 Å². The predicted octanol–water partition coefficient (Wildman–Crippen LogP) is 2.71. The van der Waals surface area contributed by atoms with Crippen LogP contribution in [0, 0.1) is 11.2 Å². The molecular weight excluding hydrogens is 292 g/mol. The fraction of sp³-hybridized carbons (Fsp3) is 0.538. The maximum Gasteiger partial charge on any atom is 0.142 e. The Morgan fingerprint density at radius 1 is 1.47 bits per heavy atom. The van der Waals surface area contributed by atoms with Gasteiger partial charge in [0.05, 0.1) is 17.2 Å². The zero-order valence-electron chi connectivity index (χ0n) is 10.5. The number of halogens is 3. The lowest BCUT2D eigenvalue weighted by molar-refractivity contribution is -0.0748. The predicted molar refractivity (Wildman–Crippen MR) is 72.9 cm³/mol. The van der Waals surface area contributed by atoms with Gasteiger partial charge in [0.1, 0.15) is 5.82 Å². The lowest BCUT2D eigenvalue weighted by atomic mass is 9.68. The van der Waals surface area contributed by atoms with Gasteiger partial charge in [-0.3, -0.25) is 0 Å². The summed E-state index contributed by atoms with van der Waals surface area (Å²) < 4.78 is 19.0. The minimum Gasteiger partial charge on any atom is -0.385 e. The van der Waals surface area contributed by atoms with E-state index in [4.69, 9.17) is 33.7 Å². The van der Waals surface area contributed by atoms with Gasteiger partial charge in [-0.05, 0) is 25.5 Å². The summed E-state index contributed by atoms with van der Waals surface area (Å²) >= 11 is 11.8. The van der Waals surface area contributed by atoms with Crippen LogP contribution in [0.25, 0.3) is 0 Å². The summed E-state index contributed by atoms with van der Waals surface area (Å²) in [5.74, 6) is -0.618. The highest BCUT2D eigenvalue weighted by atomic mass is 35.5. The third kappa shape index (κ3) is 2.36. The Morgan fingerprint density at radius 2 is 2.16 bits per heavy atom. The van der Waals surface area contributed by atoms with Gasteiger partial charge in [-0.1, -0.05) is 23.2 Å². The van der Waals surface area contributed by atoms with Crippen molar-refractivity contribution in [1.29, 1.82) is 0 Å². The monoisotopic (exact) mass is 307 g/mol. The first-order valence-corrected chi connectivity index (χ1v) is 6.75. The van der Waals surface area contributed by atoms with E-state index >= 15 is 0 Å². The molecule has 2 unspecified atom stereocenters. The average Bonchev–Trinajstić information content (AvgIpc) is 2.84. The molecule has 106 valence electrons. The molecule has 3 nitrogen and oxygen atoms in total. The van der Waals surface area contributed by atoms with Crippen LogP contribution in [0.15, 0.2) is 12.1 Å². The molecule has 0 bridgehead atoms. The van der Waals surface area contributed by atoms with Crippen LogP contribution < -0.4 is 5.73 Å². The Balaban J connectivity index is 2.52. The normalized spacial score (nSPS) is 26.4. The third-order valence-electron chi connectivity index (χ3n) is 4.06. The number of ether oxygens (including phenoxy) is 1. The Kier molecular flexibility index (Phi) is 4.10. The summed E-state index contributed by atoms with van der Waals surface area (Å²) in [6, 6.07) is 2.46. The van der Waals surface area contributed by atoms with E-state index in [9.17, 15) is 9.50 Å². The van der Waals surface area contributed by atoms with Crippen molar-refractivity contribution in [3.63, 3.8) is 0 Å². The molecule has 1 aliphatic heterocycles. The number of hydrogen-bond donors (Lipinski definition) is 2. The molecule has 2 rings (SSSR count). The Labute approximate surface area is 121 Å². The molecular formula is C13H16Cl2FNO2. The fourth-order valence-electron chi connectivity index (χ4n) is 2.53. The number of benzene rings is 1. The van der Waals surface area contributed by atoms with Crippen molar-refractivity contribution in [2.45, 2.75) is 18.9 Å². The lowest BCUT2D eigenvalue weighted by Crippen LogP contribution is -2.49.